The van der Waals surface area contributed by atoms with Crippen molar-refractivity contribution in [2.75, 3.05) is 37.8 Å². The fraction of sp³-hybridized carbons (Fsp3) is 0.278. The number of nitrogens with zero attached hydrogens (tertiary/aromatic N) is 1. The maximum atomic E-state index is 12.2. The summed E-state index contributed by atoms with van der Waals surface area (Å²) >= 11 is 3.37. The molecule has 4 nitrogen and oxygen atoms in total. The molecule has 2 rings (SSSR count). The number of amides is 1. The summed E-state index contributed by atoms with van der Waals surface area (Å²) in [4.78, 5) is 14.3. The molecule has 0 atom stereocenters. The normalized spacial score (nSPS) is 10.6. The number of benzene rings is 2. The van der Waals surface area contributed by atoms with Gasteiger partial charge in [0.15, 0.2) is 0 Å². The Bertz CT molecular complexity index is 641. The Labute approximate surface area is 146 Å². The lowest BCUT2D eigenvalue weighted by Crippen LogP contribution is -2.16. The molecule has 0 spiro atoms. The van der Waals surface area contributed by atoms with Gasteiger partial charge < -0.3 is 15.5 Å². The van der Waals surface area contributed by atoms with Crippen molar-refractivity contribution in [2.45, 2.75) is 6.42 Å². The molecule has 2 N–H and O–H groups in total. The van der Waals surface area contributed by atoms with Crippen molar-refractivity contribution < 1.29 is 4.79 Å². The minimum Gasteiger partial charge on any atom is -0.385 e. The van der Waals surface area contributed by atoms with E-state index in [9.17, 15) is 4.79 Å². The van der Waals surface area contributed by atoms with E-state index in [2.05, 4.69) is 45.6 Å². The van der Waals surface area contributed by atoms with Gasteiger partial charge in [0.05, 0.1) is 0 Å². The summed E-state index contributed by atoms with van der Waals surface area (Å²) in [6, 6.07) is 15.1. The Morgan fingerprint density at radius 3 is 2.43 bits per heavy atom. The lowest BCUT2D eigenvalue weighted by molar-refractivity contribution is 0.102. The Morgan fingerprint density at radius 1 is 1.09 bits per heavy atom. The molecule has 5 heteroatoms. The molecule has 0 radical (unpaired) electrons. The molecule has 2 aromatic carbocycles. The van der Waals surface area contributed by atoms with Crippen molar-refractivity contribution in [3.8, 4) is 0 Å². The van der Waals surface area contributed by atoms with Crippen LogP contribution in [0.4, 0.5) is 11.4 Å². The summed E-state index contributed by atoms with van der Waals surface area (Å²) in [6.07, 6.45) is 1.09. The standard InChI is InChI=1S/C18H22BrN3O/c1-22(2)12-4-11-20-16-7-9-17(10-8-16)21-18(23)14-5-3-6-15(19)13-14/h3,5-10,13,20H,4,11-12H2,1-2H3,(H,21,23). The van der Waals surface area contributed by atoms with Crippen LogP contribution < -0.4 is 10.6 Å². The summed E-state index contributed by atoms with van der Waals surface area (Å²) < 4.78 is 0.891. The van der Waals surface area contributed by atoms with Gasteiger partial charge in [-0.15, -0.1) is 0 Å². The van der Waals surface area contributed by atoms with Crippen LogP contribution in [0.15, 0.2) is 53.0 Å². The van der Waals surface area contributed by atoms with Crippen molar-refractivity contribution in [2.24, 2.45) is 0 Å². The van der Waals surface area contributed by atoms with Crippen molar-refractivity contribution in [1.29, 1.82) is 0 Å². The van der Waals surface area contributed by atoms with E-state index in [0.29, 0.717) is 5.56 Å². The van der Waals surface area contributed by atoms with Gasteiger partial charge in [0.2, 0.25) is 0 Å². The number of nitrogens with one attached hydrogen (secondary N) is 2. The smallest absolute Gasteiger partial charge is 0.255 e. The zero-order valence-corrected chi connectivity index (χ0v) is 15.1. The van der Waals surface area contributed by atoms with Gasteiger partial charge in [-0.05, 0) is 69.5 Å². The molecule has 0 bridgehead atoms. The van der Waals surface area contributed by atoms with Crippen LogP contribution in [0.1, 0.15) is 16.8 Å². The van der Waals surface area contributed by atoms with Gasteiger partial charge in [-0.2, -0.15) is 0 Å². The lowest BCUT2D eigenvalue weighted by Gasteiger charge is -2.11. The number of anilines is 2. The fourth-order valence-electron chi connectivity index (χ4n) is 2.13. The molecular weight excluding hydrogens is 354 g/mol. The third-order valence-electron chi connectivity index (χ3n) is 3.34. The largest absolute Gasteiger partial charge is 0.385 e. The summed E-state index contributed by atoms with van der Waals surface area (Å²) in [5.41, 5.74) is 2.48. The van der Waals surface area contributed by atoms with E-state index >= 15 is 0 Å². The first-order valence-corrected chi connectivity index (χ1v) is 8.39. The number of hydrogen-bond acceptors (Lipinski definition) is 3. The molecule has 0 aromatic heterocycles. The van der Waals surface area contributed by atoms with E-state index in [1.807, 2.05) is 36.4 Å². The minimum atomic E-state index is -0.113. The Kier molecular flexibility index (Phi) is 6.62. The molecule has 0 saturated carbocycles. The molecule has 2 aromatic rings. The van der Waals surface area contributed by atoms with Crippen molar-refractivity contribution >= 4 is 33.2 Å². The highest BCUT2D eigenvalue weighted by Gasteiger charge is 2.06. The maximum Gasteiger partial charge on any atom is 0.255 e. The molecule has 0 heterocycles. The van der Waals surface area contributed by atoms with Gasteiger partial charge in [0.1, 0.15) is 0 Å². The van der Waals surface area contributed by atoms with Crippen LogP contribution in [0.5, 0.6) is 0 Å². The van der Waals surface area contributed by atoms with Gasteiger partial charge in [-0.1, -0.05) is 22.0 Å². The minimum absolute atomic E-state index is 0.113. The second kappa shape index (κ2) is 8.70. The van der Waals surface area contributed by atoms with Gasteiger partial charge in [0.25, 0.3) is 5.91 Å². The number of carbonyl (C=O) groups excluding carboxylic acids is 1. The Balaban J connectivity index is 1.86. The molecule has 0 aliphatic carbocycles. The second-order valence-corrected chi connectivity index (χ2v) is 6.54. The average molecular weight is 376 g/mol. The van der Waals surface area contributed by atoms with E-state index < -0.39 is 0 Å². The molecule has 0 unspecified atom stereocenters. The zero-order valence-electron chi connectivity index (χ0n) is 13.5. The van der Waals surface area contributed by atoms with Gasteiger partial charge in [-0.3, -0.25) is 4.79 Å². The van der Waals surface area contributed by atoms with Crippen LogP contribution in [0.3, 0.4) is 0 Å². The molecule has 0 saturated heterocycles. The van der Waals surface area contributed by atoms with Crippen LogP contribution in [0.25, 0.3) is 0 Å². The predicted molar refractivity (Wildman–Crippen MR) is 100 cm³/mol. The summed E-state index contributed by atoms with van der Waals surface area (Å²) in [5, 5.41) is 6.27. The van der Waals surface area contributed by atoms with Gasteiger partial charge in [0, 0.05) is 28.0 Å². The number of rotatable bonds is 7. The van der Waals surface area contributed by atoms with Crippen molar-refractivity contribution in [1.82, 2.24) is 4.90 Å². The van der Waals surface area contributed by atoms with E-state index in [0.717, 1.165) is 35.4 Å². The molecule has 0 aliphatic heterocycles. The number of carbonyl (C=O) groups is 1. The van der Waals surface area contributed by atoms with E-state index in [1.54, 1.807) is 12.1 Å². The van der Waals surface area contributed by atoms with Crippen LogP contribution >= 0.6 is 15.9 Å². The van der Waals surface area contributed by atoms with Crippen LogP contribution in [0, 0.1) is 0 Å². The third-order valence-corrected chi connectivity index (χ3v) is 3.83. The fourth-order valence-corrected chi connectivity index (χ4v) is 2.53. The summed E-state index contributed by atoms with van der Waals surface area (Å²) in [5.74, 6) is -0.113. The quantitative estimate of drug-likeness (QED) is 0.717. The molecule has 122 valence electrons. The predicted octanol–water partition coefficient (Wildman–Crippen LogP) is 4.07. The summed E-state index contributed by atoms with van der Waals surface area (Å²) in [7, 11) is 4.14. The average Bonchev–Trinajstić information content (AvgIpc) is 2.53. The van der Waals surface area contributed by atoms with Crippen molar-refractivity contribution in [3.63, 3.8) is 0 Å². The number of hydrogen-bond donors (Lipinski definition) is 2. The van der Waals surface area contributed by atoms with Crippen LogP contribution in [-0.2, 0) is 0 Å². The summed E-state index contributed by atoms with van der Waals surface area (Å²) in [6.45, 7) is 2.00. The highest BCUT2D eigenvalue weighted by Crippen LogP contribution is 2.16. The highest BCUT2D eigenvalue weighted by atomic mass is 79.9. The van der Waals surface area contributed by atoms with Gasteiger partial charge in [-0.25, -0.2) is 0 Å². The molecule has 23 heavy (non-hydrogen) atoms. The van der Waals surface area contributed by atoms with Crippen molar-refractivity contribution in [3.05, 3.63) is 58.6 Å². The maximum absolute atomic E-state index is 12.2. The topological polar surface area (TPSA) is 44.4 Å². The third kappa shape index (κ3) is 6.04. The van der Waals surface area contributed by atoms with E-state index in [1.165, 1.54) is 0 Å². The Hall–Kier alpha value is -1.85. The lowest BCUT2D eigenvalue weighted by atomic mass is 10.2. The molecule has 0 aliphatic rings. The van der Waals surface area contributed by atoms with Crippen LogP contribution in [0.2, 0.25) is 0 Å². The first-order chi connectivity index (χ1) is 11.0. The van der Waals surface area contributed by atoms with E-state index in [-0.39, 0.29) is 5.91 Å². The first-order valence-electron chi connectivity index (χ1n) is 7.60. The van der Waals surface area contributed by atoms with Crippen LogP contribution in [-0.4, -0.2) is 38.0 Å². The van der Waals surface area contributed by atoms with E-state index in [4.69, 9.17) is 0 Å². The second-order valence-electron chi connectivity index (χ2n) is 5.63. The molecule has 0 fully saturated rings. The first kappa shape index (κ1) is 17.5. The molecular formula is C18H22BrN3O. The SMILES string of the molecule is CN(C)CCCNc1ccc(NC(=O)c2cccc(Br)c2)cc1. The number of halogens is 1. The van der Waals surface area contributed by atoms with Gasteiger partial charge >= 0.3 is 0 Å². The monoisotopic (exact) mass is 375 g/mol. The Morgan fingerprint density at radius 2 is 1.78 bits per heavy atom. The zero-order chi connectivity index (χ0) is 16.7. The molecule has 1 amide bonds. The highest BCUT2D eigenvalue weighted by molar-refractivity contribution is 9.10.